The molecule has 0 aromatic carbocycles. The summed E-state index contributed by atoms with van der Waals surface area (Å²) in [6, 6.07) is 1.59. The molecule has 1 amide bonds. The third-order valence-corrected chi connectivity index (χ3v) is 4.01. The van der Waals surface area contributed by atoms with Crippen LogP contribution in [0.5, 0.6) is 0 Å². The van der Waals surface area contributed by atoms with E-state index in [2.05, 4.69) is 9.97 Å². The number of aliphatic hydroxyl groups excluding tert-OH is 2. The second-order valence-corrected chi connectivity index (χ2v) is 5.64. The molecule has 1 saturated heterocycles. The Morgan fingerprint density at radius 3 is 2.78 bits per heavy atom. The minimum Gasteiger partial charge on any atom is -0.394 e. The predicted molar refractivity (Wildman–Crippen MR) is 78.1 cm³/mol. The average molecular weight is 323 g/mol. The van der Waals surface area contributed by atoms with Gasteiger partial charge in [-0.15, -0.1) is 0 Å². The van der Waals surface area contributed by atoms with Gasteiger partial charge in [0.15, 0.2) is 6.23 Å². The van der Waals surface area contributed by atoms with Gasteiger partial charge in [0.1, 0.15) is 29.3 Å². The topological polar surface area (TPSA) is 170 Å². The number of hydrogen-bond acceptors (Lipinski definition) is 8. The van der Waals surface area contributed by atoms with E-state index in [4.69, 9.17) is 16.2 Å². The molecule has 2 aromatic rings. The molecule has 2 aromatic heterocycles. The maximum absolute atomic E-state index is 11.3. The highest BCUT2D eigenvalue weighted by atomic mass is 16.6. The molecule has 3 heterocycles. The molecule has 1 aliphatic heterocycles. The first-order valence-corrected chi connectivity index (χ1v) is 6.88. The first kappa shape index (κ1) is 15.6. The van der Waals surface area contributed by atoms with E-state index in [1.54, 1.807) is 6.07 Å². The Balaban J connectivity index is 2.15. The fraction of sp³-hybridized carbons (Fsp3) is 0.462. The quantitative estimate of drug-likeness (QED) is 0.436. The van der Waals surface area contributed by atoms with Crippen LogP contribution in [-0.2, 0) is 4.74 Å². The molecule has 0 aliphatic carbocycles. The van der Waals surface area contributed by atoms with Gasteiger partial charge in [0, 0.05) is 6.20 Å². The number of nitrogens with zero attached hydrogens (tertiary/aromatic N) is 3. The lowest BCUT2D eigenvalue weighted by molar-refractivity contribution is -0.0948. The predicted octanol–water partition coefficient (Wildman–Crippen LogP) is -1.89. The van der Waals surface area contributed by atoms with Crippen molar-refractivity contribution in [3.05, 3.63) is 18.1 Å². The van der Waals surface area contributed by atoms with Gasteiger partial charge in [0.2, 0.25) is 5.82 Å². The fourth-order valence-electron chi connectivity index (χ4n) is 2.75. The second-order valence-electron chi connectivity index (χ2n) is 5.64. The number of primary amides is 1. The minimum absolute atomic E-state index is 0.0550. The third kappa shape index (κ3) is 2.23. The van der Waals surface area contributed by atoms with E-state index in [-0.39, 0.29) is 17.3 Å². The highest BCUT2D eigenvalue weighted by molar-refractivity contribution is 5.94. The number of rotatable bonds is 3. The summed E-state index contributed by atoms with van der Waals surface area (Å²) in [6.07, 6.45) is -1.76. The van der Waals surface area contributed by atoms with E-state index >= 15 is 0 Å². The molecule has 1 unspecified atom stereocenters. The molecule has 10 heteroatoms. The molecule has 0 bridgehead atoms. The van der Waals surface area contributed by atoms with E-state index in [0.717, 1.165) is 0 Å². The Morgan fingerprint density at radius 2 is 2.22 bits per heavy atom. The molecule has 0 saturated carbocycles. The summed E-state index contributed by atoms with van der Waals surface area (Å²) in [5.74, 6) is -1.06. The average Bonchev–Trinajstić information content (AvgIpc) is 3.00. The van der Waals surface area contributed by atoms with Crippen LogP contribution in [0.3, 0.4) is 0 Å². The van der Waals surface area contributed by atoms with Gasteiger partial charge in [0.05, 0.1) is 12.0 Å². The maximum Gasteiger partial charge on any atom is 0.286 e. The van der Waals surface area contributed by atoms with Crippen molar-refractivity contribution >= 4 is 22.8 Å². The van der Waals surface area contributed by atoms with Crippen LogP contribution in [0.15, 0.2) is 12.3 Å². The summed E-state index contributed by atoms with van der Waals surface area (Å²) < 4.78 is 6.94. The van der Waals surface area contributed by atoms with Crippen molar-refractivity contribution < 1.29 is 24.9 Å². The summed E-state index contributed by atoms with van der Waals surface area (Å²) in [5, 5.41) is 30.3. The van der Waals surface area contributed by atoms with Crippen molar-refractivity contribution in [2.24, 2.45) is 5.73 Å². The van der Waals surface area contributed by atoms with Crippen LogP contribution in [0, 0.1) is 0 Å². The Kier molecular flexibility index (Phi) is 3.48. The Hall–Kier alpha value is -2.27. The fourth-order valence-corrected chi connectivity index (χ4v) is 2.75. The van der Waals surface area contributed by atoms with Gasteiger partial charge in [-0.1, -0.05) is 0 Å². The van der Waals surface area contributed by atoms with Crippen molar-refractivity contribution in [2.45, 2.75) is 31.0 Å². The van der Waals surface area contributed by atoms with Gasteiger partial charge in [-0.25, -0.2) is 9.97 Å². The molecule has 124 valence electrons. The lowest BCUT2D eigenvalue weighted by atomic mass is 9.96. The maximum atomic E-state index is 11.3. The molecule has 0 radical (unpaired) electrons. The smallest absolute Gasteiger partial charge is 0.286 e. The largest absolute Gasteiger partial charge is 0.394 e. The zero-order valence-corrected chi connectivity index (χ0v) is 12.2. The molecule has 0 spiro atoms. The molecule has 4 atom stereocenters. The van der Waals surface area contributed by atoms with Gasteiger partial charge in [0.25, 0.3) is 5.91 Å². The Labute approximate surface area is 130 Å². The number of anilines is 1. The summed E-state index contributed by atoms with van der Waals surface area (Å²) in [6.45, 7) is 0.917. The molecule has 10 nitrogen and oxygen atoms in total. The molecule has 1 fully saturated rings. The molecule has 1 aliphatic rings. The van der Waals surface area contributed by atoms with Gasteiger partial charge in [-0.3, -0.25) is 4.79 Å². The normalized spacial score (nSPS) is 30.9. The highest BCUT2D eigenvalue weighted by Gasteiger charge is 2.53. The van der Waals surface area contributed by atoms with E-state index in [1.165, 1.54) is 17.7 Å². The summed E-state index contributed by atoms with van der Waals surface area (Å²) in [5.41, 5.74) is 9.51. The SMILES string of the molecule is C[C@]1(O)C(n2ccc3c(N)nc(C(N)=O)nc32)O[C@H](CO)[C@H]1O. The van der Waals surface area contributed by atoms with Crippen LogP contribution in [-0.4, -0.2) is 60.2 Å². The minimum atomic E-state index is -1.69. The van der Waals surface area contributed by atoms with Crippen LogP contribution in [0.25, 0.3) is 11.0 Å². The monoisotopic (exact) mass is 323 g/mol. The van der Waals surface area contributed by atoms with E-state index in [9.17, 15) is 20.1 Å². The number of carbonyl (C=O) groups excluding carboxylic acids is 1. The van der Waals surface area contributed by atoms with Gasteiger partial charge in [-0.2, -0.15) is 0 Å². The highest BCUT2D eigenvalue weighted by Crippen LogP contribution is 2.39. The molecule has 3 rings (SSSR count). The zero-order chi connectivity index (χ0) is 16.9. The zero-order valence-electron chi connectivity index (χ0n) is 12.2. The number of nitrogen functional groups attached to an aromatic ring is 1. The van der Waals surface area contributed by atoms with Crippen LogP contribution in [0.4, 0.5) is 5.82 Å². The van der Waals surface area contributed by atoms with Crippen molar-refractivity contribution in [3.63, 3.8) is 0 Å². The molecular weight excluding hydrogens is 306 g/mol. The van der Waals surface area contributed by atoms with Crippen molar-refractivity contribution in [2.75, 3.05) is 12.3 Å². The number of amides is 1. The van der Waals surface area contributed by atoms with Gasteiger partial charge >= 0.3 is 0 Å². The van der Waals surface area contributed by atoms with E-state index < -0.39 is 36.6 Å². The van der Waals surface area contributed by atoms with E-state index in [0.29, 0.717) is 5.39 Å². The molecular formula is C13H17N5O5. The molecule has 7 N–H and O–H groups in total. The standard InChI is InChI=1S/C13H17N5O5/c1-13(22)7(20)6(4-19)23-12(13)18-3-2-5-8(14)16-10(9(15)21)17-11(5)18/h2-3,6-7,12,19-20,22H,4H2,1H3,(H2,15,21)(H2,14,16,17)/t6-,7-,12?,13-/m1/s1. The number of aromatic nitrogens is 3. The lowest BCUT2D eigenvalue weighted by Gasteiger charge is -2.27. The van der Waals surface area contributed by atoms with Crippen molar-refractivity contribution in [3.8, 4) is 0 Å². The van der Waals surface area contributed by atoms with Crippen LogP contribution < -0.4 is 11.5 Å². The number of ether oxygens (including phenoxy) is 1. The van der Waals surface area contributed by atoms with Crippen molar-refractivity contribution in [1.82, 2.24) is 14.5 Å². The summed E-state index contributed by atoms with van der Waals surface area (Å²) in [4.78, 5) is 19.2. The Morgan fingerprint density at radius 1 is 1.52 bits per heavy atom. The van der Waals surface area contributed by atoms with Crippen molar-refractivity contribution in [1.29, 1.82) is 0 Å². The molecule has 23 heavy (non-hydrogen) atoms. The first-order valence-electron chi connectivity index (χ1n) is 6.88. The number of nitrogens with two attached hydrogens (primary N) is 2. The van der Waals surface area contributed by atoms with Crippen LogP contribution in [0.1, 0.15) is 23.8 Å². The number of hydrogen-bond donors (Lipinski definition) is 5. The number of carbonyl (C=O) groups is 1. The van der Waals surface area contributed by atoms with Crippen LogP contribution >= 0.6 is 0 Å². The number of fused-ring (bicyclic) bond motifs is 1. The van der Waals surface area contributed by atoms with E-state index in [1.807, 2.05) is 0 Å². The van der Waals surface area contributed by atoms with Crippen LogP contribution in [0.2, 0.25) is 0 Å². The summed E-state index contributed by atoms with van der Waals surface area (Å²) >= 11 is 0. The van der Waals surface area contributed by atoms with Gasteiger partial charge < -0.3 is 36.1 Å². The third-order valence-electron chi connectivity index (χ3n) is 4.01. The number of aliphatic hydroxyl groups is 3. The first-order chi connectivity index (χ1) is 10.8. The Bertz CT molecular complexity index is 773. The second kappa shape index (κ2) is 5.13. The van der Waals surface area contributed by atoms with Gasteiger partial charge in [-0.05, 0) is 13.0 Å². The lowest BCUT2D eigenvalue weighted by Crippen LogP contribution is -2.44. The summed E-state index contributed by atoms with van der Waals surface area (Å²) in [7, 11) is 0.